The lowest BCUT2D eigenvalue weighted by Crippen LogP contribution is -2.48. The molecular formula is C27H32N4O7. The van der Waals surface area contributed by atoms with E-state index >= 15 is 0 Å². The molecule has 0 saturated carbocycles. The van der Waals surface area contributed by atoms with Crippen molar-refractivity contribution in [1.82, 2.24) is 19.4 Å². The number of piperazine rings is 1. The van der Waals surface area contributed by atoms with Crippen molar-refractivity contribution in [2.24, 2.45) is 0 Å². The van der Waals surface area contributed by atoms with Crippen molar-refractivity contribution < 1.29 is 34.1 Å². The first kappa shape index (κ1) is 28.3. The van der Waals surface area contributed by atoms with Crippen LogP contribution in [0, 0.1) is 0 Å². The van der Waals surface area contributed by atoms with Gasteiger partial charge in [0.1, 0.15) is 5.82 Å². The van der Waals surface area contributed by atoms with Crippen LogP contribution in [0.4, 0.5) is 0 Å². The molecule has 2 aromatic carbocycles. The molecule has 2 heterocycles. The van der Waals surface area contributed by atoms with E-state index in [1.54, 1.807) is 6.92 Å². The maximum atomic E-state index is 12.4. The molecule has 1 aliphatic heterocycles. The van der Waals surface area contributed by atoms with Crippen LogP contribution in [0.5, 0.6) is 0 Å². The normalized spacial score (nSPS) is 13.4. The highest BCUT2D eigenvalue weighted by atomic mass is 16.5. The van der Waals surface area contributed by atoms with Crippen LogP contribution in [0.15, 0.2) is 54.6 Å². The summed E-state index contributed by atoms with van der Waals surface area (Å²) in [6.07, 6.45) is 0.363. The van der Waals surface area contributed by atoms with Crippen molar-refractivity contribution in [2.75, 3.05) is 32.8 Å². The Kier molecular flexibility index (Phi) is 10.4. The molecule has 2 N–H and O–H groups in total. The van der Waals surface area contributed by atoms with Crippen LogP contribution >= 0.6 is 0 Å². The van der Waals surface area contributed by atoms with Gasteiger partial charge < -0.3 is 24.4 Å². The van der Waals surface area contributed by atoms with E-state index in [1.165, 1.54) is 5.56 Å². The largest absolute Gasteiger partial charge is 0.473 e. The number of aliphatic carboxylic acids is 2. The summed E-state index contributed by atoms with van der Waals surface area (Å²) in [6.45, 7) is 6.56. The molecule has 1 saturated heterocycles. The average molecular weight is 525 g/mol. The van der Waals surface area contributed by atoms with E-state index in [0.29, 0.717) is 19.7 Å². The van der Waals surface area contributed by atoms with Crippen molar-refractivity contribution in [3.8, 4) is 0 Å². The molecule has 202 valence electrons. The van der Waals surface area contributed by atoms with E-state index in [4.69, 9.17) is 29.5 Å². The molecule has 1 aromatic heterocycles. The summed E-state index contributed by atoms with van der Waals surface area (Å²) in [4.78, 5) is 51.2. The second-order valence-electron chi connectivity index (χ2n) is 8.66. The zero-order valence-corrected chi connectivity index (χ0v) is 21.3. The molecular weight excluding hydrogens is 492 g/mol. The number of hydrogen-bond donors (Lipinski definition) is 2. The van der Waals surface area contributed by atoms with E-state index < -0.39 is 11.9 Å². The van der Waals surface area contributed by atoms with Gasteiger partial charge in [0.25, 0.3) is 0 Å². The first-order valence-electron chi connectivity index (χ1n) is 12.4. The lowest BCUT2D eigenvalue weighted by Gasteiger charge is -2.34. The Bertz CT molecular complexity index is 1240. The van der Waals surface area contributed by atoms with E-state index in [2.05, 4.69) is 51.9 Å². The number of carboxylic acids is 2. The Morgan fingerprint density at radius 3 is 2.11 bits per heavy atom. The second-order valence-corrected chi connectivity index (χ2v) is 8.66. The van der Waals surface area contributed by atoms with Gasteiger partial charge in [0.2, 0.25) is 5.91 Å². The highest BCUT2D eigenvalue weighted by Gasteiger charge is 2.23. The van der Waals surface area contributed by atoms with E-state index in [0.717, 1.165) is 43.0 Å². The Labute approximate surface area is 220 Å². The number of carbonyl (C=O) groups is 4. The van der Waals surface area contributed by atoms with Gasteiger partial charge >= 0.3 is 17.9 Å². The number of hydrogen-bond acceptors (Lipinski definition) is 7. The van der Waals surface area contributed by atoms with Gasteiger partial charge in [-0.15, -0.1) is 0 Å². The third-order valence-electron chi connectivity index (χ3n) is 6.04. The van der Waals surface area contributed by atoms with Gasteiger partial charge in [0, 0.05) is 39.1 Å². The minimum absolute atomic E-state index is 0.0222. The van der Waals surface area contributed by atoms with Crippen molar-refractivity contribution in [3.05, 3.63) is 66.0 Å². The van der Waals surface area contributed by atoms with E-state index in [-0.39, 0.29) is 24.7 Å². The lowest BCUT2D eigenvalue weighted by atomic mass is 10.2. The lowest BCUT2D eigenvalue weighted by molar-refractivity contribution is -0.159. The summed E-state index contributed by atoms with van der Waals surface area (Å²) in [5, 5.41) is 14.8. The van der Waals surface area contributed by atoms with E-state index in [1.807, 2.05) is 17.0 Å². The fourth-order valence-corrected chi connectivity index (χ4v) is 4.14. The van der Waals surface area contributed by atoms with Crippen molar-refractivity contribution in [2.45, 2.75) is 32.9 Å². The number of para-hydroxylation sites is 2. The van der Waals surface area contributed by atoms with Crippen LogP contribution in [0.3, 0.4) is 0 Å². The number of rotatable bonds is 8. The summed E-state index contributed by atoms with van der Waals surface area (Å²) in [5.74, 6) is -2.90. The third-order valence-corrected chi connectivity index (χ3v) is 6.04. The standard InChI is InChI=1S/C25H30N4O3.C2H2O4/c1-2-32-25(31)13-12-24(30)28-16-14-27(15-17-28)19-23-26-21-10-6-7-11-22(21)29(23)18-20-8-4-3-5-9-20;3-1(4)2(5)6/h3-11H,2,12-19H2,1H3;(H,3,4)(H,5,6). The molecule has 0 aliphatic carbocycles. The number of ether oxygens (including phenoxy) is 1. The molecule has 1 amide bonds. The van der Waals surface area contributed by atoms with Crippen molar-refractivity contribution in [3.63, 3.8) is 0 Å². The van der Waals surface area contributed by atoms with Crippen LogP contribution in [-0.4, -0.2) is 86.2 Å². The highest BCUT2D eigenvalue weighted by molar-refractivity contribution is 6.27. The molecule has 11 heteroatoms. The topological polar surface area (TPSA) is 142 Å². The molecule has 38 heavy (non-hydrogen) atoms. The molecule has 11 nitrogen and oxygen atoms in total. The van der Waals surface area contributed by atoms with Gasteiger partial charge in [0.05, 0.1) is 30.6 Å². The summed E-state index contributed by atoms with van der Waals surface area (Å²) < 4.78 is 7.21. The molecule has 0 spiro atoms. The molecule has 0 bridgehead atoms. The molecule has 4 rings (SSSR count). The zero-order chi connectivity index (χ0) is 27.5. The van der Waals surface area contributed by atoms with Gasteiger partial charge in [-0.05, 0) is 24.6 Å². The third kappa shape index (κ3) is 8.13. The number of imidazole rings is 1. The molecule has 0 atom stereocenters. The fourth-order valence-electron chi connectivity index (χ4n) is 4.14. The number of esters is 1. The van der Waals surface area contributed by atoms with Crippen molar-refractivity contribution in [1.29, 1.82) is 0 Å². The minimum Gasteiger partial charge on any atom is -0.473 e. The molecule has 0 radical (unpaired) electrons. The van der Waals surface area contributed by atoms with Gasteiger partial charge in [0.15, 0.2) is 0 Å². The zero-order valence-electron chi connectivity index (χ0n) is 21.3. The van der Waals surface area contributed by atoms with Crippen LogP contribution in [0.25, 0.3) is 11.0 Å². The second kappa shape index (κ2) is 13.9. The van der Waals surface area contributed by atoms with Crippen molar-refractivity contribution >= 4 is 34.8 Å². The summed E-state index contributed by atoms with van der Waals surface area (Å²) in [6, 6.07) is 18.7. The first-order chi connectivity index (χ1) is 18.3. The smallest absolute Gasteiger partial charge is 0.414 e. The summed E-state index contributed by atoms with van der Waals surface area (Å²) >= 11 is 0. The van der Waals surface area contributed by atoms with Crippen LogP contribution in [-0.2, 0) is 37.0 Å². The van der Waals surface area contributed by atoms with Gasteiger partial charge in [-0.1, -0.05) is 42.5 Å². The quantitative estimate of drug-likeness (QED) is 0.335. The number of benzene rings is 2. The number of carbonyl (C=O) groups excluding carboxylic acids is 2. The summed E-state index contributed by atoms with van der Waals surface area (Å²) in [7, 11) is 0. The Hall–Kier alpha value is -4.25. The number of nitrogens with zero attached hydrogens (tertiary/aromatic N) is 4. The maximum Gasteiger partial charge on any atom is 0.414 e. The minimum atomic E-state index is -1.82. The average Bonchev–Trinajstić information content (AvgIpc) is 3.25. The van der Waals surface area contributed by atoms with Gasteiger partial charge in [-0.2, -0.15) is 0 Å². The SMILES string of the molecule is CCOC(=O)CCC(=O)N1CCN(Cc2nc3ccccc3n2Cc2ccccc2)CC1.O=C(O)C(=O)O. The van der Waals surface area contributed by atoms with E-state index in [9.17, 15) is 9.59 Å². The van der Waals surface area contributed by atoms with Crippen LogP contribution in [0.2, 0.25) is 0 Å². The fraction of sp³-hybridized carbons (Fsp3) is 0.370. The Morgan fingerprint density at radius 2 is 1.47 bits per heavy atom. The summed E-state index contributed by atoms with van der Waals surface area (Å²) in [5.41, 5.74) is 3.39. The maximum absolute atomic E-state index is 12.4. The Morgan fingerprint density at radius 1 is 0.842 bits per heavy atom. The predicted octanol–water partition coefficient (Wildman–Crippen LogP) is 2.23. The molecule has 1 fully saturated rings. The molecule has 0 unspecified atom stereocenters. The number of aromatic nitrogens is 2. The van der Waals surface area contributed by atoms with Crippen LogP contribution in [0.1, 0.15) is 31.2 Å². The molecule has 3 aromatic rings. The predicted molar refractivity (Wildman–Crippen MR) is 138 cm³/mol. The number of carboxylic acid groups (broad SMARTS) is 2. The number of amides is 1. The Balaban J connectivity index is 0.000000599. The van der Waals surface area contributed by atoms with Gasteiger partial charge in [-0.3, -0.25) is 14.5 Å². The van der Waals surface area contributed by atoms with Crippen LogP contribution < -0.4 is 0 Å². The monoisotopic (exact) mass is 524 g/mol. The highest BCUT2D eigenvalue weighted by Crippen LogP contribution is 2.20. The van der Waals surface area contributed by atoms with Gasteiger partial charge in [-0.25, -0.2) is 14.6 Å². The number of fused-ring (bicyclic) bond motifs is 1. The molecule has 1 aliphatic rings. The first-order valence-corrected chi connectivity index (χ1v) is 12.4.